The normalized spacial score (nSPS) is 12.7. The number of aliphatic hydroxyl groups is 1. The SMILES string of the molecule is CCCCC/C=C\C/C=C\CCCCCCCC(=O)OC(CCCCCCC)CCCCCCC(=O)NCC(=O)NC(CO)C(=O)O. The maximum atomic E-state index is 12.6. The van der Waals surface area contributed by atoms with E-state index in [0.717, 1.165) is 77.0 Å². The van der Waals surface area contributed by atoms with E-state index in [9.17, 15) is 19.2 Å². The van der Waals surface area contributed by atoms with Crippen molar-refractivity contribution in [2.45, 2.75) is 180 Å². The monoisotopic (exact) mass is 665 g/mol. The molecule has 0 fully saturated rings. The summed E-state index contributed by atoms with van der Waals surface area (Å²) in [7, 11) is 0. The second-order valence-electron chi connectivity index (χ2n) is 12.7. The van der Waals surface area contributed by atoms with Gasteiger partial charge in [-0.05, 0) is 70.6 Å². The summed E-state index contributed by atoms with van der Waals surface area (Å²) in [6, 6.07) is -1.38. The second kappa shape index (κ2) is 33.2. The highest BCUT2D eigenvalue weighted by Crippen LogP contribution is 2.18. The first-order chi connectivity index (χ1) is 22.8. The van der Waals surface area contributed by atoms with E-state index in [1.54, 1.807) is 0 Å². The number of aliphatic carboxylic acids is 1. The van der Waals surface area contributed by atoms with Gasteiger partial charge in [0.25, 0.3) is 0 Å². The fourth-order valence-corrected chi connectivity index (χ4v) is 5.27. The number of carbonyl (C=O) groups is 4. The molecule has 0 heterocycles. The van der Waals surface area contributed by atoms with E-state index in [-0.39, 0.29) is 30.9 Å². The minimum Gasteiger partial charge on any atom is -0.480 e. The summed E-state index contributed by atoms with van der Waals surface area (Å²) in [4.78, 5) is 47.2. The fourth-order valence-electron chi connectivity index (χ4n) is 5.27. The van der Waals surface area contributed by atoms with Crippen molar-refractivity contribution in [1.82, 2.24) is 10.6 Å². The molecule has 2 amide bonds. The molecular weight excluding hydrogens is 596 g/mol. The van der Waals surface area contributed by atoms with E-state index in [1.165, 1.54) is 57.8 Å². The summed E-state index contributed by atoms with van der Waals surface area (Å²) in [6.07, 6.45) is 33.6. The van der Waals surface area contributed by atoms with Crippen LogP contribution < -0.4 is 10.6 Å². The van der Waals surface area contributed by atoms with Crippen LogP contribution in [-0.2, 0) is 23.9 Å². The number of carbonyl (C=O) groups excluding carboxylic acids is 3. The van der Waals surface area contributed by atoms with Gasteiger partial charge in [-0.3, -0.25) is 14.4 Å². The molecule has 0 rings (SSSR count). The summed E-state index contributed by atoms with van der Waals surface area (Å²) < 4.78 is 5.92. The molecule has 0 aromatic rings. The van der Waals surface area contributed by atoms with Gasteiger partial charge in [-0.1, -0.05) is 109 Å². The summed E-state index contributed by atoms with van der Waals surface area (Å²) in [6.45, 7) is 3.39. The number of nitrogens with one attached hydrogen (secondary N) is 2. The summed E-state index contributed by atoms with van der Waals surface area (Å²) >= 11 is 0. The van der Waals surface area contributed by atoms with E-state index in [0.29, 0.717) is 12.8 Å². The van der Waals surface area contributed by atoms with Crippen molar-refractivity contribution in [3.8, 4) is 0 Å². The Balaban J connectivity index is 4.13. The zero-order valence-corrected chi connectivity index (χ0v) is 29.8. The summed E-state index contributed by atoms with van der Waals surface area (Å²) in [5.74, 6) is -2.35. The Morgan fingerprint density at radius 1 is 0.638 bits per heavy atom. The lowest BCUT2D eigenvalue weighted by atomic mass is 10.0. The molecule has 0 bridgehead atoms. The number of rotatable bonds is 33. The highest BCUT2D eigenvalue weighted by molar-refractivity contribution is 5.87. The predicted octanol–water partition coefficient (Wildman–Crippen LogP) is 8.09. The van der Waals surface area contributed by atoms with E-state index in [4.69, 9.17) is 14.9 Å². The van der Waals surface area contributed by atoms with Crippen molar-refractivity contribution in [1.29, 1.82) is 0 Å². The van der Waals surface area contributed by atoms with Crippen molar-refractivity contribution in [2.75, 3.05) is 13.2 Å². The van der Waals surface area contributed by atoms with Crippen LogP contribution in [0.5, 0.6) is 0 Å². The molecule has 47 heavy (non-hydrogen) atoms. The van der Waals surface area contributed by atoms with Crippen LogP contribution >= 0.6 is 0 Å². The molecule has 0 aliphatic heterocycles. The predicted molar refractivity (Wildman–Crippen MR) is 190 cm³/mol. The number of allylic oxidation sites excluding steroid dienone is 4. The highest BCUT2D eigenvalue weighted by atomic mass is 16.5. The van der Waals surface area contributed by atoms with Gasteiger partial charge in [0.05, 0.1) is 13.2 Å². The van der Waals surface area contributed by atoms with Crippen LogP contribution in [0.25, 0.3) is 0 Å². The number of carboxylic acids is 1. The summed E-state index contributed by atoms with van der Waals surface area (Å²) in [5, 5.41) is 22.5. The van der Waals surface area contributed by atoms with Gasteiger partial charge >= 0.3 is 11.9 Å². The standard InChI is InChI=1S/C38H68N2O7/c1-3-5-7-9-10-11-12-13-14-15-16-17-18-20-26-30-37(44)47-33(27-23-19-8-6-4-2)28-24-21-22-25-29-35(42)39-31-36(43)40-34(32-41)38(45)46/h10-11,13-14,33-34,41H,3-9,12,15-32H2,1-2H3,(H,39,42)(H,40,43)(H,45,46)/b11-10-,14-13-. The molecular formula is C38H68N2O7. The maximum absolute atomic E-state index is 12.6. The third kappa shape index (κ3) is 30.4. The van der Waals surface area contributed by atoms with Gasteiger partial charge in [-0.15, -0.1) is 0 Å². The molecule has 0 aliphatic rings. The number of unbranched alkanes of at least 4 members (excludes halogenated alkanes) is 15. The molecule has 0 aliphatic carbocycles. The third-order valence-corrected chi connectivity index (χ3v) is 8.20. The molecule has 2 atom stereocenters. The van der Waals surface area contributed by atoms with Crippen LogP contribution in [0.4, 0.5) is 0 Å². The van der Waals surface area contributed by atoms with Crippen molar-refractivity contribution in [3.05, 3.63) is 24.3 Å². The molecule has 0 radical (unpaired) electrons. The van der Waals surface area contributed by atoms with E-state index < -0.39 is 24.5 Å². The van der Waals surface area contributed by atoms with Crippen molar-refractivity contribution in [2.24, 2.45) is 0 Å². The van der Waals surface area contributed by atoms with E-state index in [2.05, 4.69) is 48.8 Å². The fraction of sp³-hybridized carbons (Fsp3) is 0.789. The number of carboxylic acid groups (broad SMARTS) is 1. The molecule has 0 aromatic carbocycles. The number of aliphatic hydroxyl groups excluding tert-OH is 1. The number of amides is 2. The van der Waals surface area contributed by atoms with Gasteiger partial charge < -0.3 is 25.6 Å². The van der Waals surface area contributed by atoms with Crippen LogP contribution in [0.3, 0.4) is 0 Å². The maximum Gasteiger partial charge on any atom is 0.328 e. The Morgan fingerprint density at radius 3 is 1.74 bits per heavy atom. The first kappa shape index (κ1) is 44.3. The minimum absolute atomic E-state index is 0.0440. The summed E-state index contributed by atoms with van der Waals surface area (Å²) in [5.41, 5.74) is 0. The molecule has 0 saturated heterocycles. The van der Waals surface area contributed by atoms with Gasteiger partial charge in [0.1, 0.15) is 12.1 Å². The average molecular weight is 665 g/mol. The van der Waals surface area contributed by atoms with E-state index >= 15 is 0 Å². The average Bonchev–Trinajstić information content (AvgIpc) is 3.05. The minimum atomic E-state index is -1.38. The molecule has 4 N–H and O–H groups in total. The van der Waals surface area contributed by atoms with Crippen LogP contribution in [0.1, 0.15) is 168 Å². The quantitative estimate of drug-likeness (QED) is 0.0316. The van der Waals surface area contributed by atoms with Crippen LogP contribution in [-0.4, -0.2) is 59.3 Å². The molecule has 2 unspecified atom stereocenters. The van der Waals surface area contributed by atoms with Crippen molar-refractivity contribution in [3.63, 3.8) is 0 Å². The zero-order chi connectivity index (χ0) is 34.8. The number of hydrogen-bond donors (Lipinski definition) is 4. The van der Waals surface area contributed by atoms with Crippen LogP contribution in [0.15, 0.2) is 24.3 Å². The lowest BCUT2D eigenvalue weighted by Crippen LogP contribution is -2.47. The highest BCUT2D eigenvalue weighted by Gasteiger charge is 2.19. The third-order valence-electron chi connectivity index (χ3n) is 8.20. The number of esters is 1. The number of ether oxygens (including phenoxy) is 1. The van der Waals surface area contributed by atoms with Gasteiger partial charge in [-0.25, -0.2) is 4.79 Å². The van der Waals surface area contributed by atoms with E-state index in [1.807, 2.05) is 0 Å². The topological polar surface area (TPSA) is 142 Å². The first-order valence-electron chi connectivity index (χ1n) is 18.7. The smallest absolute Gasteiger partial charge is 0.328 e. The van der Waals surface area contributed by atoms with Crippen LogP contribution in [0, 0.1) is 0 Å². The molecule has 0 aromatic heterocycles. The van der Waals surface area contributed by atoms with Crippen molar-refractivity contribution < 1.29 is 34.1 Å². The molecule has 9 nitrogen and oxygen atoms in total. The van der Waals surface area contributed by atoms with Gasteiger partial charge in [0.15, 0.2) is 0 Å². The Hall–Kier alpha value is -2.68. The van der Waals surface area contributed by atoms with Gasteiger partial charge in [0, 0.05) is 12.8 Å². The Labute approximate surface area is 285 Å². The lowest BCUT2D eigenvalue weighted by Gasteiger charge is -2.18. The lowest BCUT2D eigenvalue weighted by molar-refractivity contribution is -0.150. The largest absolute Gasteiger partial charge is 0.480 e. The molecule has 0 saturated carbocycles. The zero-order valence-electron chi connectivity index (χ0n) is 29.8. The Bertz CT molecular complexity index is 859. The molecule has 9 heteroatoms. The Morgan fingerprint density at radius 2 is 1.15 bits per heavy atom. The molecule has 0 spiro atoms. The van der Waals surface area contributed by atoms with Crippen LogP contribution in [0.2, 0.25) is 0 Å². The van der Waals surface area contributed by atoms with Gasteiger partial charge in [0.2, 0.25) is 11.8 Å². The number of hydrogen-bond acceptors (Lipinski definition) is 6. The van der Waals surface area contributed by atoms with Crippen molar-refractivity contribution >= 4 is 23.8 Å². The first-order valence-corrected chi connectivity index (χ1v) is 18.7. The van der Waals surface area contributed by atoms with Gasteiger partial charge in [-0.2, -0.15) is 0 Å². The molecule has 272 valence electrons. The second-order valence-corrected chi connectivity index (χ2v) is 12.7. The Kier molecular flexibility index (Phi) is 31.3.